The first kappa shape index (κ1) is 17.6. The summed E-state index contributed by atoms with van der Waals surface area (Å²) in [6.07, 6.45) is 6.36. The molecule has 0 aromatic heterocycles. The quantitative estimate of drug-likeness (QED) is 0.369. The smallest absolute Gasteiger partial charge is 0.328 e. The van der Waals surface area contributed by atoms with Gasteiger partial charge >= 0.3 is 6.85 Å². The molecule has 1 nitrogen and oxygen atoms in total. The highest BCUT2D eigenvalue weighted by molar-refractivity contribution is 7.18. The van der Waals surface area contributed by atoms with Crippen molar-refractivity contribution >= 4 is 38.1 Å². The maximum Gasteiger partial charge on any atom is 0.328 e. The zero-order valence-electron chi connectivity index (χ0n) is 15.3. The van der Waals surface area contributed by atoms with E-state index in [-0.39, 0.29) is 6.85 Å². The minimum absolute atomic E-state index is 0.117. The lowest BCUT2D eigenvalue weighted by molar-refractivity contribution is 1.29. The molecule has 0 fully saturated rings. The van der Waals surface area contributed by atoms with Crippen LogP contribution < -0.4 is 15.7 Å². The van der Waals surface area contributed by atoms with E-state index in [1.54, 1.807) is 0 Å². The molecule has 0 saturated carbocycles. The van der Waals surface area contributed by atoms with Crippen molar-refractivity contribution in [2.75, 3.05) is 4.81 Å². The first-order valence-electron chi connectivity index (χ1n) is 9.21. The number of allylic oxidation sites excluding steroid dienone is 3. The molecule has 3 aromatic rings. The van der Waals surface area contributed by atoms with E-state index >= 15 is 0 Å². The van der Waals surface area contributed by atoms with Crippen molar-refractivity contribution in [1.29, 1.82) is 0 Å². The Kier molecular flexibility index (Phi) is 5.09. The summed E-state index contributed by atoms with van der Waals surface area (Å²) < 4.78 is 0. The van der Waals surface area contributed by atoms with Gasteiger partial charge in [0.2, 0.25) is 0 Å². The van der Waals surface area contributed by atoms with E-state index in [4.69, 9.17) is 0 Å². The van der Waals surface area contributed by atoms with Crippen molar-refractivity contribution in [2.24, 2.45) is 0 Å². The Morgan fingerprint density at radius 1 is 0.852 bits per heavy atom. The lowest BCUT2D eigenvalue weighted by atomic mass is 9.45. The van der Waals surface area contributed by atoms with E-state index < -0.39 is 0 Å². The van der Waals surface area contributed by atoms with Crippen molar-refractivity contribution in [2.45, 2.75) is 6.92 Å². The first-order chi connectivity index (χ1) is 13.3. The molecule has 0 spiro atoms. The number of rotatable bonds is 4. The van der Waals surface area contributed by atoms with Gasteiger partial charge < -0.3 is 4.81 Å². The van der Waals surface area contributed by atoms with Crippen molar-refractivity contribution in [3.05, 3.63) is 103 Å². The van der Waals surface area contributed by atoms with Crippen LogP contribution in [0.2, 0.25) is 0 Å². The molecule has 1 aliphatic rings. The molecule has 3 aromatic carbocycles. The highest BCUT2D eigenvalue weighted by Gasteiger charge is 2.36. The van der Waals surface area contributed by atoms with Crippen LogP contribution in [0, 0.1) is 0 Å². The van der Waals surface area contributed by atoms with Crippen molar-refractivity contribution in [1.82, 2.24) is 0 Å². The minimum Gasteiger partial charge on any atom is -0.376 e. The minimum atomic E-state index is 0.117. The van der Waals surface area contributed by atoms with Crippen LogP contribution in [0.5, 0.6) is 0 Å². The number of fused-ring (bicyclic) bond motifs is 3. The summed E-state index contributed by atoms with van der Waals surface area (Å²) in [5.74, 6) is 1.92. The predicted octanol–water partition coefficient (Wildman–Crippen LogP) is 4.68. The molecular formula is C24H21BNP. The van der Waals surface area contributed by atoms with Gasteiger partial charge in [0, 0.05) is 16.9 Å². The summed E-state index contributed by atoms with van der Waals surface area (Å²) in [4.78, 5) is 2.43. The monoisotopic (exact) mass is 365 g/mol. The van der Waals surface area contributed by atoms with Gasteiger partial charge in [0.05, 0.1) is 0 Å². The average Bonchev–Trinajstić information content (AvgIpc) is 2.73. The predicted molar refractivity (Wildman–Crippen MR) is 123 cm³/mol. The molecule has 0 amide bonds. The van der Waals surface area contributed by atoms with Gasteiger partial charge in [-0.05, 0) is 42.0 Å². The molecular weight excluding hydrogens is 344 g/mol. The molecule has 130 valence electrons. The molecule has 0 unspecified atom stereocenters. The normalized spacial score (nSPS) is 13.4. The third kappa shape index (κ3) is 3.18. The highest BCUT2D eigenvalue weighted by atomic mass is 31.0. The molecule has 4 rings (SSSR count). The van der Waals surface area contributed by atoms with Crippen molar-refractivity contribution in [3.8, 4) is 11.1 Å². The molecule has 0 saturated heterocycles. The molecule has 1 aliphatic heterocycles. The largest absolute Gasteiger partial charge is 0.376 e. The van der Waals surface area contributed by atoms with Gasteiger partial charge in [0.25, 0.3) is 0 Å². The maximum atomic E-state index is 3.52. The Balaban J connectivity index is 2.04. The Morgan fingerprint density at radius 2 is 1.52 bits per heavy atom. The van der Waals surface area contributed by atoms with E-state index in [2.05, 4.69) is 118 Å². The molecule has 0 radical (unpaired) electrons. The van der Waals surface area contributed by atoms with Crippen LogP contribution >= 0.6 is 8.86 Å². The number of anilines is 1. The Labute approximate surface area is 164 Å². The maximum absolute atomic E-state index is 3.52. The summed E-state index contributed by atoms with van der Waals surface area (Å²) in [6, 6.07) is 28.1. The fourth-order valence-corrected chi connectivity index (χ4v) is 4.07. The summed E-state index contributed by atoms with van der Waals surface area (Å²) in [6.45, 7) is 2.18. The lowest BCUT2D eigenvalue weighted by Gasteiger charge is -2.39. The van der Waals surface area contributed by atoms with Gasteiger partial charge in [-0.25, -0.2) is 0 Å². The van der Waals surface area contributed by atoms with Crippen LogP contribution in [0.15, 0.2) is 103 Å². The zero-order valence-corrected chi connectivity index (χ0v) is 16.3. The summed E-state index contributed by atoms with van der Waals surface area (Å²) in [7, 11) is 3.52. The molecule has 1 heterocycles. The van der Waals surface area contributed by atoms with E-state index in [0.717, 1.165) is 5.70 Å². The van der Waals surface area contributed by atoms with Gasteiger partial charge in [0.1, 0.15) is 0 Å². The van der Waals surface area contributed by atoms with E-state index in [1.165, 1.54) is 27.7 Å². The van der Waals surface area contributed by atoms with Gasteiger partial charge in [-0.3, -0.25) is 0 Å². The SMILES string of the molecule is C/C=C\C(=C/C=P)N1B(c2ccccc2)c2ccccc2-c2ccccc21. The van der Waals surface area contributed by atoms with Crippen LogP contribution in [-0.4, -0.2) is 12.6 Å². The summed E-state index contributed by atoms with van der Waals surface area (Å²) in [5, 5.41) is 0. The number of hydrogen-bond acceptors (Lipinski definition) is 1. The van der Waals surface area contributed by atoms with Gasteiger partial charge in [-0.1, -0.05) is 84.3 Å². The molecule has 0 atom stereocenters. The second-order valence-electron chi connectivity index (χ2n) is 6.55. The van der Waals surface area contributed by atoms with Gasteiger partial charge in [-0.15, -0.1) is 8.86 Å². The highest BCUT2D eigenvalue weighted by Crippen LogP contribution is 2.37. The van der Waals surface area contributed by atoms with Gasteiger partial charge in [0.15, 0.2) is 0 Å². The van der Waals surface area contributed by atoms with E-state index in [0.29, 0.717) is 0 Å². The number of benzene rings is 3. The summed E-state index contributed by atoms with van der Waals surface area (Å²) >= 11 is 0. The molecule has 0 N–H and O–H groups in total. The van der Waals surface area contributed by atoms with Crippen molar-refractivity contribution < 1.29 is 0 Å². The standard InChI is InChI=1S/C24H21BNP/c1-2-10-20(17-18-27)26-24-16-9-7-14-22(24)21-13-6-8-15-23(21)25(26)19-11-4-3-5-12-19/h2-18,27H,1H3/b10-2-,20-17+. The van der Waals surface area contributed by atoms with Crippen LogP contribution in [0.1, 0.15) is 6.92 Å². The third-order valence-corrected chi connectivity index (χ3v) is 5.12. The number of nitrogens with zero attached hydrogens (tertiary/aromatic N) is 1. The molecule has 0 bridgehead atoms. The fourth-order valence-electron chi connectivity index (χ4n) is 3.89. The molecule has 27 heavy (non-hydrogen) atoms. The third-order valence-electron chi connectivity index (χ3n) is 4.95. The topological polar surface area (TPSA) is 3.24 Å². The van der Waals surface area contributed by atoms with E-state index in [1.807, 2.05) is 5.80 Å². The Bertz CT molecular complexity index is 1020. The van der Waals surface area contributed by atoms with Gasteiger partial charge in [-0.2, -0.15) is 0 Å². The Morgan fingerprint density at radius 3 is 2.26 bits per heavy atom. The number of para-hydroxylation sites is 1. The van der Waals surface area contributed by atoms with Crippen LogP contribution in [0.25, 0.3) is 11.1 Å². The Hall–Kier alpha value is -2.83. The van der Waals surface area contributed by atoms with E-state index in [9.17, 15) is 0 Å². The zero-order chi connectivity index (χ0) is 18.6. The first-order valence-corrected chi connectivity index (χ1v) is 9.79. The molecule has 0 aliphatic carbocycles. The second-order valence-corrected chi connectivity index (χ2v) is 6.88. The lowest BCUT2D eigenvalue weighted by Crippen LogP contribution is -2.58. The second kappa shape index (κ2) is 7.82. The van der Waals surface area contributed by atoms with Crippen LogP contribution in [-0.2, 0) is 0 Å². The van der Waals surface area contributed by atoms with Crippen LogP contribution in [0.4, 0.5) is 5.69 Å². The fraction of sp³-hybridized carbons (Fsp3) is 0.0417. The summed E-state index contributed by atoms with van der Waals surface area (Å²) in [5.41, 5.74) is 7.55. The van der Waals surface area contributed by atoms with Crippen LogP contribution in [0.3, 0.4) is 0 Å². The average molecular weight is 365 g/mol. The van der Waals surface area contributed by atoms with Crippen molar-refractivity contribution in [3.63, 3.8) is 0 Å². The molecule has 3 heteroatoms. The number of hydrogen-bond donors (Lipinski definition) is 0.